The molecule has 8 nitrogen and oxygen atoms in total. The third-order valence-corrected chi connectivity index (χ3v) is 6.32. The molecule has 0 spiro atoms. The molecule has 30 heavy (non-hydrogen) atoms. The van der Waals surface area contributed by atoms with Crippen molar-refractivity contribution in [2.45, 2.75) is 58.0 Å². The highest BCUT2D eigenvalue weighted by Gasteiger charge is 2.33. The number of nitrogens with zero attached hydrogens (tertiary/aromatic N) is 2. The number of amides is 3. The zero-order valence-electron chi connectivity index (χ0n) is 17.2. The van der Waals surface area contributed by atoms with Crippen molar-refractivity contribution in [1.29, 1.82) is 0 Å². The van der Waals surface area contributed by atoms with Gasteiger partial charge in [0, 0.05) is 11.7 Å². The summed E-state index contributed by atoms with van der Waals surface area (Å²) in [5, 5.41) is 3.08. The van der Waals surface area contributed by atoms with Crippen LogP contribution in [0.2, 0.25) is 0 Å². The fourth-order valence-corrected chi connectivity index (χ4v) is 4.49. The Bertz CT molecular complexity index is 952. The number of primary amides is 1. The molecule has 0 saturated heterocycles. The minimum absolute atomic E-state index is 0.0593. The van der Waals surface area contributed by atoms with Gasteiger partial charge in [0.05, 0.1) is 5.69 Å². The molecular weight excluding hydrogens is 402 g/mol. The number of rotatable bonds is 6. The van der Waals surface area contributed by atoms with Crippen molar-refractivity contribution in [1.82, 2.24) is 9.69 Å². The van der Waals surface area contributed by atoms with E-state index < -0.39 is 17.9 Å². The Morgan fingerprint density at radius 1 is 1.20 bits per heavy atom. The van der Waals surface area contributed by atoms with Crippen LogP contribution in [-0.4, -0.2) is 34.2 Å². The first kappa shape index (κ1) is 21.8. The molecule has 0 bridgehead atoms. The molecule has 0 aliphatic heterocycles. The van der Waals surface area contributed by atoms with E-state index >= 15 is 0 Å². The first-order valence-electron chi connectivity index (χ1n) is 10.1. The number of hydrogen-bond donors (Lipinski definition) is 3. The maximum absolute atomic E-state index is 13.5. The molecule has 3 amide bonds. The monoisotopic (exact) mass is 429 g/mol. The second-order valence-corrected chi connectivity index (χ2v) is 8.39. The molecule has 1 saturated carbocycles. The molecule has 1 aliphatic carbocycles. The van der Waals surface area contributed by atoms with Crippen LogP contribution in [0.4, 0.5) is 11.4 Å². The van der Waals surface area contributed by atoms with Crippen molar-refractivity contribution in [2.24, 2.45) is 5.73 Å². The summed E-state index contributed by atoms with van der Waals surface area (Å²) >= 11 is 0.807. The first-order chi connectivity index (χ1) is 14.3. The van der Waals surface area contributed by atoms with Crippen LogP contribution >= 0.6 is 11.5 Å². The number of nitrogen functional groups attached to an aromatic ring is 1. The number of carbonyl (C=O) groups excluding carboxylic acids is 3. The van der Waals surface area contributed by atoms with Crippen LogP contribution in [0.5, 0.6) is 0 Å². The zero-order valence-corrected chi connectivity index (χ0v) is 18.0. The van der Waals surface area contributed by atoms with Crippen LogP contribution in [0.25, 0.3) is 0 Å². The van der Waals surface area contributed by atoms with Crippen LogP contribution in [0.1, 0.15) is 64.8 Å². The van der Waals surface area contributed by atoms with Crippen molar-refractivity contribution < 1.29 is 14.4 Å². The number of nitrogens with one attached hydrogen (secondary N) is 1. The molecule has 1 aromatic carbocycles. The van der Waals surface area contributed by atoms with E-state index in [0.717, 1.165) is 42.8 Å². The summed E-state index contributed by atoms with van der Waals surface area (Å²) < 4.78 is 3.93. The molecule has 2 aromatic rings. The molecule has 1 heterocycles. The van der Waals surface area contributed by atoms with Gasteiger partial charge in [-0.05, 0) is 49.9 Å². The van der Waals surface area contributed by atoms with Crippen LogP contribution in [0, 0.1) is 6.92 Å². The number of carbonyl (C=O) groups is 3. The second-order valence-electron chi connectivity index (χ2n) is 7.62. The van der Waals surface area contributed by atoms with E-state index in [1.807, 2.05) is 19.1 Å². The third-order valence-electron chi connectivity index (χ3n) is 5.47. The lowest BCUT2D eigenvalue weighted by molar-refractivity contribution is -0.122. The normalized spacial score (nSPS) is 15.4. The molecule has 5 N–H and O–H groups in total. The van der Waals surface area contributed by atoms with E-state index in [-0.39, 0.29) is 28.2 Å². The van der Waals surface area contributed by atoms with Gasteiger partial charge in [-0.1, -0.05) is 37.5 Å². The Kier molecular flexibility index (Phi) is 6.71. The van der Waals surface area contributed by atoms with Gasteiger partial charge in [0.1, 0.15) is 10.9 Å². The lowest BCUT2D eigenvalue weighted by atomic mass is 9.95. The Balaban J connectivity index is 1.94. The van der Waals surface area contributed by atoms with E-state index in [1.54, 1.807) is 19.1 Å². The fourth-order valence-electron chi connectivity index (χ4n) is 3.75. The highest BCUT2D eigenvalue weighted by molar-refractivity contribution is 7.09. The van der Waals surface area contributed by atoms with Crippen molar-refractivity contribution in [3.63, 3.8) is 0 Å². The van der Waals surface area contributed by atoms with Crippen molar-refractivity contribution in [3.8, 4) is 0 Å². The highest BCUT2D eigenvalue weighted by atomic mass is 32.1. The van der Waals surface area contributed by atoms with Crippen LogP contribution < -0.4 is 21.7 Å². The van der Waals surface area contributed by atoms with Gasteiger partial charge in [0.15, 0.2) is 5.69 Å². The third kappa shape index (κ3) is 4.46. The lowest BCUT2D eigenvalue weighted by Crippen LogP contribution is -2.51. The molecule has 1 atom stereocenters. The minimum atomic E-state index is -0.798. The summed E-state index contributed by atoms with van der Waals surface area (Å²) in [7, 11) is 0. The van der Waals surface area contributed by atoms with Gasteiger partial charge < -0.3 is 16.8 Å². The number of aryl methyl sites for hydroxylation is 1. The van der Waals surface area contributed by atoms with Gasteiger partial charge >= 0.3 is 0 Å². The molecule has 0 unspecified atom stereocenters. The largest absolute Gasteiger partial charge is 0.395 e. The Morgan fingerprint density at radius 2 is 1.87 bits per heavy atom. The molecule has 1 aliphatic rings. The van der Waals surface area contributed by atoms with Gasteiger partial charge in [-0.25, -0.2) is 0 Å². The van der Waals surface area contributed by atoms with Crippen LogP contribution in [0.15, 0.2) is 24.3 Å². The minimum Gasteiger partial charge on any atom is -0.395 e. The van der Waals surface area contributed by atoms with E-state index in [1.165, 1.54) is 11.3 Å². The summed E-state index contributed by atoms with van der Waals surface area (Å²) in [5.74, 6) is -1.51. The van der Waals surface area contributed by atoms with Crippen molar-refractivity contribution >= 4 is 40.6 Å². The van der Waals surface area contributed by atoms with E-state index in [2.05, 4.69) is 9.69 Å². The zero-order chi connectivity index (χ0) is 21.8. The Hall–Kier alpha value is -2.94. The average Bonchev–Trinajstić information content (AvgIpc) is 3.11. The summed E-state index contributed by atoms with van der Waals surface area (Å²) in [5.41, 5.74) is 12.5. The Morgan fingerprint density at radius 3 is 2.47 bits per heavy atom. The van der Waals surface area contributed by atoms with Crippen molar-refractivity contribution in [3.05, 3.63) is 40.4 Å². The van der Waals surface area contributed by atoms with Gasteiger partial charge in [0.2, 0.25) is 5.91 Å². The summed E-state index contributed by atoms with van der Waals surface area (Å²) in [6, 6.07) is 6.66. The number of aromatic nitrogens is 1. The number of benzene rings is 1. The predicted molar refractivity (Wildman–Crippen MR) is 118 cm³/mol. The molecule has 1 fully saturated rings. The lowest BCUT2D eigenvalue weighted by Gasteiger charge is -2.31. The fraction of sp³-hybridized carbons (Fsp3) is 0.429. The highest BCUT2D eigenvalue weighted by Crippen LogP contribution is 2.29. The molecule has 3 rings (SSSR count). The molecule has 1 aromatic heterocycles. The number of hydrogen-bond acceptors (Lipinski definition) is 6. The Labute approximate surface area is 179 Å². The van der Waals surface area contributed by atoms with Gasteiger partial charge in [-0.3, -0.25) is 19.3 Å². The molecule has 9 heteroatoms. The van der Waals surface area contributed by atoms with Crippen molar-refractivity contribution in [2.75, 3.05) is 10.6 Å². The van der Waals surface area contributed by atoms with Gasteiger partial charge in [-0.2, -0.15) is 4.37 Å². The van der Waals surface area contributed by atoms with Crippen LogP contribution in [-0.2, 0) is 4.79 Å². The molecule has 0 radical (unpaired) electrons. The SMILES string of the molecule is Cc1ccccc1N(C(=O)c1snc(C(N)=O)c1N)[C@@H](C)C(=O)NC1CCCCC1. The molecule has 160 valence electrons. The standard InChI is InChI=1S/C21H27N5O3S/c1-12-8-6-7-11-15(12)26(13(2)20(28)24-14-9-4-3-5-10-14)21(29)18-16(22)17(19(23)27)25-30-18/h6-8,11,13-14H,3-5,9-10,22H2,1-2H3,(H2,23,27)(H,24,28)/t13-/m0/s1. The van der Waals surface area contributed by atoms with E-state index in [4.69, 9.17) is 11.5 Å². The summed E-state index contributed by atoms with van der Waals surface area (Å²) in [4.78, 5) is 39.5. The summed E-state index contributed by atoms with van der Waals surface area (Å²) in [6.07, 6.45) is 5.25. The number of anilines is 2. The number of para-hydroxylation sites is 1. The first-order valence-corrected chi connectivity index (χ1v) is 10.8. The quantitative estimate of drug-likeness (QED) is 0.649. The second kappa shape index (κ2) is 9.25. The van der Waals surface area contributed by atoms with Crippen LogP contribution in [0.3, 0.4) is 0 Å². The topological polar surface area (TPSA) is 131 Å². The maximum atomic E-state index is 13.5. The molecular formula is C21H27N5O3S. The van der Waals surface area contributed by atoms with E-state index in [0.29, 0.717) is 5.69 Å². The van der Waals surface area contributed by atoms with E-state index in [9.17, 15) is 14.4 Å². The maximum Gasteiger partial charge on any atom is 0.272 e. The smallest absolute Gasteiger partial charge is 0.272 e. The van der Waals surface area contributed by atoms with Gasteiger partial charge in [0.25, 0.3) is 11.8 Å². The number of nitrogens with two attached hydrogens (primary N) is 2. The predicted octanol–water partition coefficient (Wildman–Crippen LogP) is 2.62. The average molecular weight is 430 g/mol. The summed E-state index contributed by atoms with van der Waals surface area (Å²) in [6.45, 7) is 3.56. The van der Waals surface area contributed by atoms with Gasteiger partial charge in [-0.15, -0.1) is 0 Å².